The maximum absolute atomic E-state index is 12.2. The molecular formula is C13H15BrN2O. The first kappa shape index (κ1) is 12.3. The van der Waals surface area contributed by atoms with E-state index in [0.717, 1.165) is 26.5 Å². The number of aryl methyl sites for hydroxylation is 2. The Kier molecular flexibility index (Phi) is 3.35. The molecule has 0 atom stereocenters. The fraction of sp³-hybridized carbons (Fsp3) is 0.308. The summed E-state index contributed by atoms with van der Waals surface area (Å²) in [4.78, 5) is 12.2. The normalized spacial score (nSPS) is 11.1. The van der Waals surface area contributed by atoms with Crippen LogP contribution in [0.2, 0.25) is 0 Å². The molecule has 0 radical (unpaired) electrons. The Labute approximate surface area is 108 Å². The molecule has 0 aliphatic heterocycles. The highest BCUT2D eigenvalue weighted by molar-refractivity contribution is 9.10. The molecule has 4 heteroatoms. The van der Waals surface area contributed by atoms with Crippen molar-refractivity contribution in [2.45, 2.75) is 13.3 Å². The van der Waals surface area contributed by atoms with Crippen molar-refractivity contribution < 1.29 is 0 Å². The summed E-state index contributed by atoms with van der Waals surface area (Å²) in [7, 11) is 1.80. The maximum Gasteiger partial charge on any atom is 0.254 e. The summed E-state index contributed by atoms with van der Waals surface area (Å²) in [5.74, 6) is 0. The molecular weight excluding hydrogens is 280 g/mol. The van der Waals surface area contributed by atoms with Crippen molar-refractivity contribution in [2.24, 2.45) is 12.8 Å². The molecule has 1 aromatic carbocycles. The van der Waals surface area contributed by atoms with Crippen LogP contribution in [-0.2, 0) is 13.5 Å². The molecule has 0 fully saturated rings. The fourth-order valence-corrected chi connectivity index (χ4v) is 2.54. The van der Waals surface area contributed by atoms with E-state index in [1.165, 1.54) is 0 Å². The minimum absolute atomic E-state index is 0.0581. The van der Waals surface area contributed by atoms with Crippen LogP contribution < -0.4 is 11.3 Å². The highest BCUT2D eigenvalue weighted by Crippen LogP contribution is 2.23. The zero-order valence-corrected chi connectivity index (χ0v) is 11.5. The van der Waals surface area contributed by atoms with Crippen LogP contribution in [0.15, 0.2) is 27.5 Å². The third-order valence-electron chi connectivity index (χ3n) is 3.13. The van der Waals surface area contributed by atoms with Crippen LogP contribution in [0.3, 0.4) is 0 Å². The predicted molar refractivity (Wildman–Crippen MR) is 74.4 cm³/mol. The number of fused-ring (bicyclic) bond motifs is 1. The molecule has 0 unspecified atom stereocenters. The van der Waals surface area contributed by atoms with Crippen molar-refractivity contribution in [3.63, 3.8) is 0 Å². The van der Waals surface area contributed by atoms with E-state index < -0.39 is 0 Å². The van der Waals surface area contributed by atoms with E-state index in [-0.39, 0.29) is 5.56 Å². The Morgan fingerprint density at radius 2 is 2.12 bits per heavy atom. The van der Waals surface area contributed by atoms with Crippen molar-refractivity contribution in [1.29, 1.82) is 0 Å². The lowest BCUT2D eigenvalue weighted by molar-refractivity contribution is 0.849. The number of hydrogen-bond acceptors (Lipinski definition) is 2. The molecule has 1 heterocycles. The van der Waals surface area contributed by atoms with Crippen molar-refractivity contribution in [3.8, 4) is 0 Å². The largest absolute Gasteiger partial charge is 0.330 e. The Morgan fingerprint density at radius 3 is 2.76 bits per heavy atom. The van der Waals surface area contributed by atoms with Crippen molar-refractivity contribution in [3.05, 3.63) is 44.2 Å². The van der Waals surface area contributed by atoms with Gasteiger partial charge >= 0.3 is 0 Å². The molecule has 1 aromatic heterocycles. The first-order chi connectivity index (χ1) is 8.06. The Morgan fingerprint density at radius 1 is 1.41 bits per heavy atom. The molecule has 0 saturated heterocycles. The summed E-state index contributed by atoms with van der Waals surface area (Å²) < 4.78 is 2.71. The lowest BCUT2D eigenvalue weighted by Crippen LogP contribution is -2.24. The number of nitrogens with two attached hydrogens (primary N) is 1. The van der Waals surface area contributed by atoms with Crippen LogP contribution in [0.5, 0.6) is 0 Å². The number of pyridine rings is 1. The molecule has 0 bridgehead atoms. The molecule has 2 aromatic rings. The van der Waals surface area contributed by atoms with Crippen LogP contribution in [0.25, 0.3) is 10.9 Å². The molecule has 17 heavy (non-hydrogen) atoms. The molecule has 0 aliphatic carbocycles. The lowest BCUT2D eigenvalue weighted by atomic mass is 10.0. The van der Waals surface area contributed by atoms with Crippen molar-refractivity contribution in [2.75, 3.05) is 6.54 Å². The minimum Gasteiger partial charge on any atom is -0.330 e. The summed E-state index contributed by atoms with van der Waals surface area (Å²) in [6.07, 6.45) is 0.626. The Balaban J connectivity index is 2.90. The molecule has 0 spiro atoms. The lowest BCUT2D eigenvalue weighted by Gasteiger charge is -2.12. The Bertz CT molecular complexity index is 631. The summed E-state index contributed by atoms with van der Waals surface area (Å²) in [5.41, 5.74) is 8.44. The van der Waals surface area contributed by atoms with Gasteiger partial charge in [0.1, 0.15) is 0 Å². The molecule has 2 rings (SSSR count). The number of aromatic nitrogens is 1. The third-order valence-corrected chi connectivity index (χ3v) is 3.63. The second-order valence-corrected chi connectivity index (χ2v) is 5.08. The zero-order valence-electron chi connectivity index (χ0n) is 9.96. The monoisotopic (exact) mass is 294 g/mol. The summed E-state index contributed by atoms with van der Waals surface area (Å²) >= 11 is 3.46. The minimum atomic E-state index is 0.0581. The second-order valence-electron chi connectivity index (χ2n) is 4.17. The Hall–Kier alpha value is -1.13. The van der Waals surface area contributed by atoms with Crippen LogP contribution >= 0.6 is 15.9 Å². The number of nitrogens with zero attached hydrogens (tertiary/aromatic N) is 1. The second kappa shape index (κ2) is 4.63. The number of benzene rings is 1. The van der Waals surface area contributed by atoms with Crippen LogP contribution in [0, 0.1) is 6.92 Å². The smallest absolute Gasteiger partial charge is 0.254 e. The van der Waals surface area contributed by atoms with Gasteiger partial charge in [-0.2, -0.15) is 0 Å². The van der Waals surface area contributed by atoms with Gasteiger partial charge in [-0.25, -0.2) is 0 Å². The SMILES string of the molecule is Cc1c(CCN)c(=O)n(C)c2ccc(Br)cc12. The van der Waals surface area contributed by atoms with Gasteiger partial charge in [0.2, 0.25) is 0 Å². The van der Waals surface area contributed by atoms with Crippen LogP contribution in [0.4, 0.5) is 0 Å². The van der Waals surface area contributed by atoms with E-state index in [0.29, 0.717) is 13.0 Å². The number of hydrogen-bond donors (Lipinski definition) is 1. The number of rotatable bonds is 2. The van der Waals surface area contributed by atoms with E-state index in [4.69, 9.17) is 5.73 Å². The molecule has 3 nitrogen and oxygen atoms in total. The van der Waals surface area contributed by atoms with Gasteiger partial charge in [0.15, 0.2) is 0 Å². The first-order valence-corrected chi connectivity index (χ1v) is 6.33. The highest BCUT2D eigenvalue weighted by atomic mass is 79.9. The van der Waals surface area contributed by atoms with Crippen molar-refractivity contribution in [1.82, 2.24) is 4.57 Å². The quantitative estimate of drug-likeness (QED) is 0.922. The summed E-state index contributed by atoms with van der Waals surface area (Å²) in [6.45, 7) is 2.48. The first-order valence-electron chi connectivity index (χ1n) is 5.54. The van der Waals surface area contributed by atoms with Gasteiger partial charge in [-0.15, -0.1) is 0 Å². The molecule has 90 valence electrons. The third kappa shape index (κ3) is 2.03. The van der Waals surface area contributed by atoms with E-state index in [1.807, 2.05) is 25.1 Å². The van der Waals surface area contributed by atoms with E-state index in [9.17, 15) is 4.79 Å². The van der Waals surface area contributed by atoms with Crippen LogP contribution in [0.1, 0.15) is 11.1 Å². The topological polar surface area (TPSA) is 48.0 Å². The standard InChI is InChI=1S/C13H15BrN2O/c1-8-10(5-6-15)13(17)16(2)12-4-3-9(14)7-11(8)12/h3-4,7H,5-6,15H2,1-2H3. The number of halogens is 1. The van der Waals surface area contributed by atoms with Gasteiger partial charge in [-0.05, 0) is 43.7 Å². The van der Waals surface area contributed by atoms with Gasteiger partial charge in [-0.1, -0.05) is 15.9 Å². The van der Waals surface area contributed by atoms with Gasteiger partial charge < -0.3 is 10.3 Å². The summed E-state index contributed by atoms with van der Waals surface area (Å²) in [5, 5.41) is 1.10. The predicted octanol–water partition coefficient (Wildman–Crippen LogP) is 2.11. The molecule has 0 aliphatic rings. The molecule has 2 N–H and O–H groups in total. The maximum atomic E-state index is 12.2. The van der Waals surface area contributed by atoms with Gasteiger partial charge in [-0.3, -0.25) is 4.79 Å². The zero-order chi connectivity index (χ0) is 12.6. The molecule has 0 amide bonds. The van der Waals surface area contributed by atoms with Crippen LogP contribution in [-0.4, -0.2) is 11.1 Å². The van der Waals surface area contributed by atoms with Gasteiger partial charge in [0.05, 0.1) is 5.52 Å². The van der Waals surface area contributed by atoms with Gasteiger partial charge in [0.25, 0.3) is 5.56 Å². The molecule has 0 saturated carbocycles. The average molecular weight is 295 g/mol. The van der Waals surface area contributed by atoms with E-state index in [2.05, 4.69) is 15.9 Å². The fourth-order valence-electron chi connectivity index (χ4n) is 2.17. The van der Waals surface area contributed by atoms with E-state index in [1.54, 1.807) is 11.6 Å². The highest BCUT2D eigenvalue weighted by Gasteiger charge is 2.11. The average Bonchev–Trinajstić information content (AvgIpc) is 2.32. The summed E-state index contributed by atoms with van der Waals surface area (Å²) in [6, 6.07) is 5.95. The van der Waals surface area contributed by atoms with Gasteiger partial charge in [0, 0.05) is 22.5 Å². The van der Waals surface area contributed by atoms with Crippen molar-refractivity contribution >= 4 is 26.8 Å². The van der Waals surface area contributed by atoms with E-state index >= 15 is 0 Å².